The fraction of sp³-hybridized carbons (Fsp3) is 0.250. The van der Waals surface area contributed by atoms with Gasteiger partial charge >= 0.3 is 0 Å². The van der Waals surface area contributed by atoms with E-state index in [2.05, 4.69) is 0 Å². The molecule has 94 valence electrons. The van der Waals surface area contributed by atoms with Gasteiger partial charge in [-0.1, -0.05) is 11.6 Å². The van der Waals surface area contributed by atoms with E-state index in [0.29, 0.717) is 0 Å². The van der Waals surface area contributed by atoms with E-state index < -0.39 is 24.6 Å². The lowest BCUT2D eigenvalue weighted by atomic mass is 10.3. The Balaban J connectivity index is 3.53. The summed E-state index contributed by atoms with van der Waals surface area (Å²) in [6, 6.07) is 1.83. The maximum Gasteiger partial charge on any atom is 0.293 e. The molecule has 0 radical (unpaired) electrons. The van der Waals surface area contributed by atoms with Crippen LogP contribution in [0, 0.1) is 10.1 Å². The van der Waals surface area contributed by atoms with Crippen molar-refractivity contribution in [2.24, 2.45) is 0 Å². The lowest BCUT2D eigenvalue weighted by Gasteiger charge is -2.07. The van der Waals surface area contributed by atoms with E-state index >= 15 is 0 Å². The minimum atomic E-state index is -4.09. The first-order valence-electron chi connectivity index (χ1n) is 4.32. The van der Waals surface area contributed by atoms with Crippen molar-refractivity contribution in [2.45, 2.75) is 11.8 Å². The Kier molecular flexibility index (Phi) is 4.18. The van der Waals surface area contributed by atoms with Crippen molar-refractivity contribution in [3.63, 3.8) is 0 Å². The third kappa shape index (κ3) is 3.21. The normalized spacial score (nSPS) is 11.2. The minimum absolute atomic E-state index is 0.0948. The number of ether oxygens (including phenoxy) is 1. The maximum atomic E-state index is 11.1. The fourth-order valence-electron chi connectivity index (χ4n) is 1.09. The highest BCUT2D eigenvalue weighted by Gasteiger charge is 2.23. The van der Waals surface area contributed by atoms with Gasteiger partial charge in [0, 0.05) is 22.8 Å². The van der Waals surface area contributed by atoms with Crippen molar-refractivity contribution in [3.8, 4) is 5.75 Å². The van der Waals surface area contributed by atoms with Crippen LogP contribution in [-0.4, -0.2) is 19.9 Å². The zero-order valence-corrected chi connectivity index (χ0v) is 10.8. The molecule has 17 heavy (non-hydrogen) atoms. The molecule has 0 spiro atoms. The molecule has 0 aliphatic carbocycles. The van der Waals surface area contributed by atoms with Crippen LogP contribution in [-0.2, 0) is 9.05 Å². The number of halogens is 2. The second-order valence-corrected chi connectivity index (χ2v) is 5.83. The van der Waals surface area contributed by atoms with Crippen LogP contribution < -0.4 is 4.74 Å². The molecular formula is C8H7Cl2NO5S. The lowest BCUT2D eigenvalue weighted by Crippen LogP contribution is -2.00. The Morgan fingerprint density at radius 2 is 2.06 bits per heavy atom. The number of nitro benzene ring substituents is 1. The average molecular weight is 300 g/mol. The standard InChI is InChI=1S/C8H7Cl2NO5S/c1-2-16-7-4-5(17(10,14)15)3-6(8(7)9)11(12)13/h3-4H,2H2,1H3. The first kappa shape index (κ1) is 14.0. The summed E-state index contributed by atoms with van der Waals surface area (Å²) in [7, 11) is 1.02. The molecule has 0 amide bonds. The van der Waals surface area contributed by atoms with Crippen LogP contribution >= 0.6 is 22.3 Å². The first-order chi connectivity index (χ1) is 7.77. The van der Waals surface area contributed by atoms with Gasteiger partial charge in [-0.15, -0.1) is 0 Å². The van der Waals surface area contributed by atoms with E-state index in [1.165, 1.54) is 0 Å². The molecule has 0 aliphatic heterocycles. The van der Waals surface area contributed by atoms with E-state index in [0.717, 1.165) is 12.1 Å². The molecule has 0 heterocycles. The summed E-state index contributed by atoms with van der Waals surface area (Å²) in [6.45, 7) is 1.81. The molecule has 6 nitrogen and oxygen atoms in total. The van der Waals surface area contributed by atoms with Crippen molar-refractivity contribution in [2.75, 3.05) is 6.61 Å². The highest BCUT2D eigenvalue weighted by molar-refractivity contribution is 8.13. The smallest absolute Gasteiger partial charge is 0.293 e. The first-order valence-corrected chi connectivity index (χ1v) is 7.01. The fourth-order valence-corrected chi connectivity index (χ4v) is 2.09. The third-order valence-electron chi connectivity index (χ3n) is 1.77. The van der Waals surface area contributed by atoms with E-state index in [1.807, 2.05) is 0 Å². The SMILES string of the molecule is CCOc1cc(S(=O)(=O)Cl)cc([N+](=O)[O-])c1Cl. The van der Waals surface area contributed by atoms with E-state index in [4.69, 9.17) is 27.0 Å². The van der Waals surface area contributed by atoms with Crippen LogP contribution in [0.3, 0.4) is 0 Å². The molecule has 0 aromatic heterocycles. The van der Waals surface area contributed by atoms with Gasteiger partial charge in [-0.3, -0.25) is 10.1 Å². The molecule has 0 fully saturated rings. The molecular weight excluding hydrogens is 293 g/mol. The minimum Gasteiger partial charge on any atom is -0.492 e. The quantitative estimate of drug-likeness (QED) is 0.484. The number of rotatable bonds is 4. The van der Waals surface area contributed by atoms with Crippen molar-refractivity contribution in [3.05, 3.63) is 27.3 Å². The van der Waals surface area contributed by atoms with Gasteiger partial charge in [0.2, 0.25) is 0 Å². The number of nitrogens with zero attached hydrogens (tertiary/aromatic N) is 1. The highest BCUT2D eigenvalue weighted by Crippen LogP contribution is 2.37. The summed E-state index contributed by atoms with van der Waals surface area (Å²) < 4.78 is 27.2. The molecule has 0 N–H and O–H groups in total. The van der Waals surface area contributed by atoms with Crippen LogP contribution in [0.25, 0.3) is 0 Å². The zero-order valence-electron chi connectivity index (χ0n) is 8.51. The van der Waals surface area contributed by atoms with Crippen molar-refractivity contribution in [1.29, 1.82) is 0 Å². The maximum absolute atomic E-state index is 11.1. The van der Waals surface area contributed by atoms with Gasteiger partial charge in [-0.25, -0.2) is 8.42 Å². The van der Waals surface area contributed by atoms with Crippen molar-refractivity contribution < 1.29 is 18.1 Å². The van der Waals surface area contributed by atoms with Crippen LogP contribution in [0.1, 0.15) is 6.92 Å². The second-order valence-electron chi connectivity index (χ2n) is 2.88. The molecule has 1 rings (SSSR count). The Bertz CT molecular complexity index is 557. The molecule has 0 saturated carbocycles. The summed E-state index contributed by atoms with van der Waals surface area (Å²) in [5.74, 6) is -0.0948. The molecule has 9 heteroatoms. The lowest BCUT2D eigenvalue weighted by molar-refractivity contribution is -0.385. The summed E-state index contributed by atoms with van der Waals surface area (Å²) >= 11 is 5.70. The van der Waals surface area contributed by atoms with Gasteiger partial charge in [0.15, 0.2) is 5.02 Å². The number of benzene rings is 1. The Morgan fingerprint density at radius 3 is 2.47 bits per heavy atom. The van der Waals surface area contributed by atoms with Crippen LogP contribution in [0.2, 0.25) is 5.02 Å². The zero-order chi connectivity index (χ0) is 13.2. The Labute approximate surface area is 107 Å². The number of hydrogen-bond donors (Lipinski definition) is 0. The van der Waals surface area contributed by atoms with E-state index in [-0.39, 0.29) is 17.4 Å². The van der Waals surface area contributed by atoms with Gasteiger partial charge in [0.1, 0.15) is 5.75 Å². The van der Waals surface area contributed by atoms with Gasteiger partial charge < -0.3 is 4.74 Å². The monoisotopic (exact) mass is 299 g/mol. The molecule has 1 aromatic carbocycles. The van der Waals surface area contributed by atoms with Gasteiger partial charge in [-0.05, 0) is 6.92 Å². The van der Waals surface area contributed by atoms with Crippen molar-refractivity contribution in [1.82, 2.24) is 0 Å². The molecule has 0 atom stereocenters. The largest absolute Gasteiger partial charge is 0.492 e. The molecule has 1 aromatic rings. The third-order valence-corrected chi connectivity index (χ3v) is 3.48. The van der Waals surface area contributed by atoms with Gasteiger partial charge in [0.05, 0.1) is 16.4 Å². The summed E-state index contributed by atoms with van der Waals surface area (Å²) in [4.78, 5) is 9.44. The molecule has 0 bridgehead atoms. The number of hydrogen-bond acceptors (Lipinski definition) is 5. The van der Waals surface area contributed by atoms with E-state index in [1.54, 1.807) is 6.92 Å². The molecule has 0 aliphatic rings. The predicted molar refractivity (Wildman–Crippen MR) is 62.3 cm³/mol. The summed E-state index contributed by atoms with van der Waals surface area (Å²) in [6.07, 6.45) is 0. The summed E-state index contributed by atoms with van der Waals surface area (Å²) in [5.41, 5.74) is -0.572. The Hall–Kier alpha value is -1.05. The van der Waals surface area contributed by atoms with Crippen LogP contribution in [0.15, 0.2) is 17.0 Å². The molecule has 0 unspecified atom stereocenters. The predicted octanol–water partition coefficient (Wildman–Crippen LogP) is 2.57. The average Bonchev–Trinajstić information content (AvgIpc) is 2.19. The number of nitro groups is 1. The Morgan fingerprint density at radius 1 is 1.47 bits per heavy atom. The van der Waals surface area contributed by atoms with Crippen molar-refractivity contribution >= 4 is 37.0 Å². The van der Waals surface area contributed by atoms with E-state index in [9.17, 15) is 18.5 Å². The van der Waals surface area contributed by atoms with Gasteiger partial charge in [0.25, 0.3) is 14.7 Å². The second kappa shape index (κ2) is 5.07. The van der Waals surface area contributed by atoms with Crippen LogP contribution in [0.4, 0.5) is 5.69 Å². The topological polar surface area (TPSA) is 86.5 Å². The summed E-state index contributed by atoms with van der Waals surface area (Å²) in [5, 5.41) is 10.4. The van der Waals surface area contributed by atoms with Crippen LogP contribution in [0.5, 0.6) is 5.75 Å². The molecule has 0 saturated heterocycles. The highest BCUT2D eigenvalue weighted by atomic mass is 35.7. The van der Waals surface area contributed by atoms with Gasteiger partial charge in [-0.2, -0.15) is 0 Å².